The van der Waals surface area contributed by atoms with E-state index in [4.69, 9.17) is 0 Å². The molecule has 0 aliphatic carbocycles. The minimum absolute atomic E-state index is 0.0375. The number of amides is 2. The van der Waals surface area contributed by atoms with Crippen LogP contribution in [0.25, 0.3) is 0 Å². The van der Waals surface area contributed by atoms with Crippen LogP contribution in [0.2, 0.25) is 0 Å². The zero-order valence-corrected chi connectivity index (χ0v) is 24.4. The molecule has 0 bridgehead atoms. The Morgan fingerprint density at radius 3 is 2.07 bits per heavy atom. The number of benzene rings is 2. The second kappa shape index (κ2) is 13.7. The third kappa shape index (κ3) is 7.50. The molecule has 10 heteroatoms. The summed E-state index contributed by atoms with van der Waals surface area (Å²) in [4.78, 5) is 57.6. The molecule has 0 radical (unpaired) electrons. The van der Waals surface area contributed by atoms with E-state index in [1.165, 1.54) is 23.9 Å². The van der Waals surface area contributed by atoms with Crippen molar-refractivity contribution in [3.8, 4) is 0 Å². The maximum Gasteiger partial charge on any atom is 0.272 e. The molecule has 0 spiro atoms. The number of rotatable bonds is 9. The van der Waals surface area contributed by atoms with E-state index in [1.54, 1.807) is 29.2 Å². The van der Waals surface area contributed by atoms with Gasteiger partial charge in [-0.15, -0.1) is 0 Å². The number of nitrogens with zero attached hydrogens (tertiary/aromatic N) is 4. The Morgan fingerprint density at radius 1 is 0.860 bits per heavy atom. The molecule has 43 heavy (non-hydrogen) atoms. The van der Waals surface area contributed by atoms with Gasteiger partial charge in [0.2, 0.25) is 0 Å². The average Bonchev–Trinajstić information content (AvgIpc) is 3.05. The number of nitro benzene ring substituents is 1. The quantitative estimate of drug-likeness (QED) is 0.220. The summed E-state index contributed by atoms with van der Waals surface area (Å²) >= 11 is 0. The molecule has 2 aliphatic heterocycles. The standard InChI is InChI=1S/C33H37N5O5/c1-2-23-3-7-25(8-4-23)31(39)26-13-19-37(20-14-26)33(41)30-12-9-27(21-34-30)32(40)35-28-15-17-36(18-16-28)22-24-5-10-29(11-6-24)38(42)43/h3-12,21,26,28H,2,13-20,22H2,1H3,(H,35,40). The van der Waals surface area contributed by atoms with Gasteiger partial charge in [-0.25, -0.2) is 0 Å². The molecule has 2 aromatic carbocycles. The molecule has 0 unspecified atom stereocenters. The Labute approximate surface area is 251 Å². The lowest BCUT2D eigenvalue weighted by Gasteiger charge is -2.32. The Hall–Kier alpha value is -4.44. The highest BCUT2D eigenvalue weighted by Crippen LogP contribution is 2.23. The van der Waals surface area contributed by atoms with E-state index in [0.717, 1.165) is 43.5 Å². The van der Waals surface area contributed by atoms with E-state index in [0.29, 0.717) is 38.0 Å². The van der Waals surface area contributed by atoms with Crippen LogP contribution in [0.3, 0.4) is 0 Å². The monoisotopic (exact) mass is 583 g/mol. The third-order valence-electron chi connectivity index (χ3n) is 8.52. The van der Waals surface area contributed by atoms with Gasteiger partial charge in [-0.05, 0) is 55.4 Å². The summed E-state index contributed by atoms with van der Waals surface area (Å²) in [7, 11) is 0. The second-order valence-corrected chi connectivity index (χ2v) is 11.4. The summed E-state index contributed by atoms with van der Waals surface area (Å²) in [6.07, 6.45) is 5.21. The second-order valence-electron chi connectivity index (χ2n) is 11.4. The molecule has 224 valence electrons. The fourth-order valence-corrected chi connectivity index (χ4v) is 5.79. The number of aryl methyl sites for hydroxylation is 1. The maximum atomic E-state index is 13.1. The summed E-state index contributed by atoms with van der Waals surface area (Å²) in [5.74, 6) is -0.361. The third-order valence-corrected chi connectivity index (χ3v) is 8.52. The molecule has 2 aliphatic rings. The number of nitro groups is 1. The predicted octanol–water partition coefficient (Wildman–Crippen LogP) is 4.68. The van der Waals surface area contributed by atoms with Crippen molar-refractivity contribution >= 4 is 23.3 Å². The summed E-state index contributed by atoms with van der Waals surface area (Å²) in [5.41, 5.74) is 3.72. The van der Waals surface area contributed by atoms with Crippen molar-refractivity contribution in [1.29, 1.82) is 0 Å². The summed E-state index contributed by atoms with van der Waals surface area (Å²) < 4.78 is 0. The first-order valence-corrected chi connectivity index (χ1v) is 15.0. The minimum Gasteiger partial charge on any atom is -0.349 e. The van der Waals surface area contributed by atoms with E-state index in [1.807, 2.05) is 24.3 Å². The molecular formula is C33H37N5O5. The summed E-state index contributed by atoms with van der Waals surface area (Å²) in [5, 5.41) is 13.9. The van der Waals surface area contributed by atoms with E-state index >= 15 is 0 Å². The van der Waals surface area contributed by atoms with Crippen molar-refractivity contribution in [1.82, 2.24) is 20.1 Å². The summed E-state index contributed by atoms with van der Waals surface area (Å²) in [6, 6.07) is 17.7. The van der Waals surface area contributed by atoms with Crippen LogP contribution in [0, 0.1) is 16.0 Å². The number of aromatic nitrogens is 1. The molecule has 10 nitrogen and oxygen atoms in total. The Balaban J connectivity index is 1.06. The zero-order chi connectivity index (χ0) is 30.3. The van der Waals surface area contributed by atoms with E-state index in [2.05, 4.69) is 22.1 Å². The Bertz CT molecular complexity index is 1440. The molecule has 3 aromatic rings. The van der Waals surface area contributed by atoms with Crippen LogP contribution in [0.5, 0.6) is 0 Å². The highest BCUT2D eigenvalue weighted by Gasteiger charge is 2.29. The molecular weight excluding hydrogens is 546 g/mol. The fourth-order valence-electron chi connectivity index (χ4n) is 5.79. The first-order valence-electron chi connectivity index (χ1n) is 15.0. The largest absolute Gasteiger partial charge is 0.349 e. The lowest BCUT2D eigenvalue weighted by molar-refractivity contribution is -0.384. The van der Waals surface area contributed by atoms with Crippen molar-refractivity contribution in [2.75, 3.05) is 26.2 Å². The number of carbonyl (C=O) groups excluding carboxylic acids is 3. The van der Waals surface area contributed by atoms with Gasteiger partial charge in [-0.1, -0.05) is 43.3 Å². The van der Waals surface area contributed by atoms with Crippen molar-refractivity contribution in [2.24, 2.45) is 5.92 Å². The molecule has 2 amide bonds. The van der Waals surface area contributed by atoms with Gasteiger partial charge in [0.05, 0.1) is 10.5 Å². The van der Waals surface area contributed by atoms with Crippen molar-refractivity contribution < 1.29 is 19.3 Å². The minimum atomic E-state index is -0.402. The Morgan fingerprint density at radius 2 is 1.49 bits per heavy atom. The SMILES string of the molecule is CCc1ccc(C(=O)C2CCN(C(=O)c3ccc(C(=O)NC4CCN(Cc5ccc([N+](=O)[O-])cc5)CC4)cn3)CC2)cc1. The van der Waals surface area contributed by atoms with Gasteiger partial charge in [-0.2, -0.15) is 0 Å². The number of hydrogen-bond donors (Lipinski definition) is 1. The predicted molar refractivity (Wildman–Crippen MR) is 162 cm³/mol. The smallest absolute Gasteiger partial charge is 0.272 e. The maximum absolute atomic E-state index is 13.1. The Kier molecular flexibility index (Phi) is 9.56. The van der Waals surface area contributed by atoms with Gasteiger partial charge in [0.25, 0.3) is 17.5 Å². The van der Waals surface area contributed by atoms with Crippen LogP contribution in [0.4, 0.5) is 5.69 Å². The van der Waals surface area contributed by atoms with E-state index in [-0.39, 0.29) is 40.9 Å². The molecule has 2 fully saturated rings. The number of nitrogens with one attached hydrogen (secondary N) is 1. The van der Waals surface area contributed by atoms with Gasteiger partial charge >= 0.3 is 0 Å². The van der Waals surface area contributed by atoms with Crippen molar-refractivity contribution in [3.05, 3.63) is 105 Å². The number of likely N-dealkylation sites (tertiary alicyclic amines) is 2. The zero-order valence-electron chi connectivity index (χ0n) is 24.4. The van der Waals surface area contributed by atoms with Crippen LogP contribution >= 0.6 is 0 Å². The normalized spacial score (nSPS) is 16.5. The van der Waals surface area contributed by atoms with Crippen LogP contribution in [0.15, 0.2) is 66.9 Å². The highest BCUT2D eigenvalue weighted by molar-refractivity contribution is 5.98. The van der Waals surface area contributed by atoms with Gasteiger partial charge in [-0.3, -0.25) is 34.4 Å². The number of carbonyl (C=O) groups is 3. The average molecular weight is 584 g/mol. The van der Waals surface area contributed by atoms with Gasteiger partial charge in [0.15, 0.2) is 5.78 Å². The van der Waals surface area contributed by atoms with E-state index < -0.39 is 4.92 Å². The van der Waals surface area contributed by atoms with Crippen LogP contribution in [0.1, 0.15) is 74.9 Å². The van der Waals surface area contributed by atoms with Gasteiger partial charge in [0.1, 0.15) is 5.69 Å². The fraction of sp³-hybridized carbons (Fsp3) is 0.394. The molecule has 1 aromatic heterocycles. The van der Waals surface area contributed by atoms with Crippen molar-refractivity contribution in [2.45, 2.75) is 51.6 Å². The van der Waals surface area contributed by atoms with Gasteiger partial charge < -0.3 is 10.2 Å². The highest BCUT2D eigenvalue weighted by atomic mass is 16.6. The first-order chi connectivity index (χ1) is 20.8. The first kappa shape index (κ1) is 30.0. The van der Waals surface area contributed by atoms with Crippen LogP contribution in [-0.4, -0.2) is 69.5 Å². The lowest BCUT2D eigenvalue weighted by Crippen LogP contribution is -2.44. The number of piperidine rings is 2. The molecule has 5 rings (SSSR count). The molecule has 1 N–H and O–H groups in total. The number of non-ortho nitro benzene ring substituents is 1. The number of hydrogen-bond acceptors (Lipinski definition) is 7. The molecule has 0 atom stereocenters. The van der Waals surface area contributed by atoms with Crippen LogP contribution in [-0.2, 0) is 13.0 Å². The topological polar surface area (TPSA) is 126 Å². The van der Waals surface area contributed by atoms with Crippen LogP contribution < -0.4 is 5.32 Å². The summed E-state index contributed by atoms with van der Waals surface area (Å²) in [6.45, 7) is 5.40. The van der Waals surface area contributed by atoms with Gasteiger partial charge in [0, 0.05) is 68.6 Å². The number of Topliss-reactive ketones (excluding diaryl/α,β-unsaturated/α-hetero) is 1. The molecule has 0 saturated carbocycles. The molecule has 3 heterocycles. The lowest BCUT2D eigenvalue weighted by atomic mass is 9.88. The van der Waals surface area contributed by atoms with E-state index in [9.17, 15) is 24.5 Å². The number of ketones is 1. The number of pyridine rings is 1. The van der Waals surface area contributed by atoms with Crippen molar-refractivity contribution in [3.63, 3.8) is 0 Å². The molecule has 2 saturated heterocycles.